The van der Waals surface area contributed by atoms with E-state index < -0.39 is 0 Å². The first-order valence-electron chi connectivity index (χ1n) is 21.5. The molecule has 12 rings (SSSR count). The summed E-state index contributed by atoms with van der Waals surface area (Å²) in [7, 11) is 0. The molecule has 2 aliphatic carbocycles. The van der Waals surface area contributed by atoms with E-state index in [1.54, 1.807) is 0 Å². The molecule has 288 valence electrons. The highest BCUT2D eigenvalue weighted by atomic mass is 15.1. The average Bonchev–Trinajstić information content (AvgIpc) is 3.74. The van der Waals surface area contributed by atoms with Crippen LogP contribution in [0.4, 0.5) is 17.1 Å². The second-order valence-electron chi connectivity index (χ2n) is 18.0. The smallest absolute Gasteiger partial charge is 0.0579 e. The Morgan fingerprint density at radius 1 is 0.467 bits per heavy atom. The summed E-state index contributed by atoms with van der Waals surface area (Å²) in [6, 6.07) is 63.4. The van der Waals surface area contributed by atoms with Crippen LogP contribution in [0.25, 0.3) is 71.7 Å². The second-order valence-corrected chi connectivity index (χ2v) is 18.0. The van der Waals surface area contributed by atoms with Gasteiger partial charge in [-0.1, -0.05) is 149 Å². The van der Waals surface area contributed by atoms with Crippen molar-refractivity contribution in [2.75, 3.05) is 4.90 Å². The van der Waals surface area contributed by atoms with Gasteiger partial charge in [-0.3, -0.25) is 0 Å². The van der Waals surface area contributed by atoms with E-state index in [2.05, 4.69) is 219 Å². The van der Waals surface area contributed by atoms with Gasteiger partial charge in [0.25, 0.3) is 0 Å². The molecule has 0 unspecified atom stereocenters. The van der Waals surface area contributed by atoms with Crippen molar-refractivity contribution in [2.45, 2.75) is 51.4 Å². The van der Waals surface area contributed by atoms with Crippen LogP contribution in [0.2, 0.25) is 0 Å². The molecule has 0 N–H and O–H groups in total. The number of hydrogen-bond donors (Lipinski definition) is 0. The van der Waals surface area contributed by atoms with Crippen molar-refractivity contribution in [3.05, 3.63) is 204 Å². The lowest BCUT2D eigenvalue weighted by atomic mass is 9.71. The molecule has 0 atom stereocenters. The molecule has 0 fully saturated rings. The van der Waals surface area contributed by atoms with Crippen LogP contribution in [0.1, 0.15) is 57.2 Å². The summed E-state index contributed by atoms with van der Waals surface area (Å²) in [5.41, 5.74) is 20.8. The Labute approximate surface area is 352 Å². The van der Waals surface area contributed by atoms with Gasteiger partial charge in [0.1, 0.15) is 0 Å². The summed E-state index contributed by atoms with van der Waals surface area (Å²) in [5, 5.41) is 5.10. The molecule has 2 heteroatoms. The average molecular weight is 771 g/mol. The maximum Gasteiger partial charge on any atom is 0.0579 e. The van der Waals surface area contributed by atoms with E-state index in [1.165, 1.54) is 93.9 Å². The lowest BCUT2D eigenvalue weighted by Gasteiger charge is -2.37. The zero-order valence-electron chi connectivity index (χ0n) is 34.6. The zero-order valence-corrected chi connectivity index (χ0v) is 34.6. The Balaban J connectivity index is 1.08. The number of rotatable bonds is 5. The summed E-state index contributed by atoms with van der Waals surface area (Å²) in [5.74, 6) is 0. The minimum absolute atomic E-state index is 0.0609. The lowest BCUT2D eigenvalue weighted by molar-refractivity contribution is 0.624. The van der Waals surface area contributed by atoms with Crippen LogP contribution < -0.4 is 4.90 Å². The monoisotopic (exact) mass is 770 g/mol. The Morgan fingerprint density at radius 3 is 1.88 bits per heavy atom. The van der Waals surface area contributed by atoms with E-state index >= 15 is 0 Å². The maximum absolute atomic E-state index is 2.62. The second kappa shape index (κ2) is 12.8. The molecular weight excluding hydrogens is 725 g/mol. The first kappa shape index (κ1) is 35.1. The minimum Gasteiger partial charge on any atom is -0.312 e. The quantitative estimate of drug-likeness (QED) is 0.169. The van der Waals surface area contributed by atoms with Crippen molar-refractivity contribution in [2.24, 2.45) is 0 Å². The molecule has 3 aliphatic rings. The summed E-state index contributed by atoms with van der Waals surface area (Å²) in [4.78, 5) is 2.38. The van der Waals surface area contributed by atoms with Gasteiger partial charge in [0.15, 0.2) is 0 Å². The number of para-hydroxylation sites is 2. The molecule has 0 saturated heterocycles. The SMILES string of the molecule is CC1(C)C2=C(CCC=C2)n2c3ccc(-c4ccc(N(c5ccccc5)c5ccccc5)c5ccccc45)cc3c3cc(-c4ccc5c(c4)C(C)(C)c4ccccc4-5)cc1c32. The van der Waals surface area contributed by atoms with Crippen LogP contribution in [-0.2, 0) is 10.8 Å². The van der Waals surface area contributed by atoms with Crippen molar-refractivity contribution in [1.29, 1.82) is 0 Å². The summed E-state index contributed by atoms with van der Waals surface area (Å²) in [6.07, 6.45) is 6.90. The maximum atomic E-state index is 2.62. The fourth-order valence-corrected chi connectivity index (χ4v) is 11.0. The Kier molecular flexibility index (Phi) is 7.48. The largest absolute Gasteiger partial charge is 0.312 e. The van der Waals surface area contributed by atoms with Crippen LogP contribution in [0, 0.1) is 0 Å². The molecule has 0 radical (unpaired) electrons. The van der Waals surface area contributed by atoms with Gasteiger partial charge in [0.05, 0.1) is 16.7 Å². The molecule has 60 heavy (non-hydrogen) atoms. The van der Waals surface area contributed by atoms with Gasteiger partial charge in [0.2, 0.25) is 0 Å². The molecule has 1 aliphatic heterocycles. The van der Waals surface area contributed by atoms with Crippen LogP contribution in [-0.4, -0.2) is 4.57 Å². The van der Waals surface area contributed by atoms with E-state index in [-0.39, 0.29) is 10.8 Å². The van der Waals surface area contributed by atoms with Gasteiger partial charge in [-0.25, -0.2) is 0 Å². The first-order valence-corrected chi connectivity index (χ1v) is 21.5. The Bertz CT molecular complexity index is 3260. The highest BCUT2D eigenvalue weighted by Gasteiger charge is 2.38. The zero-order chi connectivity index (χ0) is 40.3. The first-order chi connectivity index (χ1) is 29.3. The van der Waals surface area contributed by atoms with Gasteiger partial charge in [-0.05, 0) is 135 Å². The van der Waals surface area contributed by atoms with E-state index in [0.29, 0.717) is 0 Å². The van der Waals surface area contributed by atoms with Crippen molar-refractivity contribution in [3.8, 4) is 33.4 Å². The van der Waals surface area contributed by atoms with Gasteiger partial charge < -0.3 is 9.47 Å². The predicted octanol–water partition coefficient (Wildman–Crippen LogP) is 15.9. The molecule has 8 aromatic carbocycles. The highest BCUT2D eigenvalue weighted by molar-refractivity contribution is 6.16. The molecule has 0 spiro atoms. The normalized spacial score (nSPS) is 15.7. The number of fused-ring (bicyclic) bond motifs is 8. The molecule has 1 aromatic heterocycles. The van der Waals surface area contributed by atoms with E-state index in [1.807, 2.05) is 0 Å². The van der Waals surface area contributed by atoms with Crippen LogP contribution in [0.15, 0.2) is 188 Å². The fourth-order valence-electron chi connectivity index (χ4n) is 11.0. The van der Waals surface area contributed by atoms with Gasteiger partial charge in [-0.2, -0.15) is 0 Å². The van der Waals surface area contributed by atoms with Crippen LogP contribution >= 0.6 is 0 Å². The fraction of sp³-hybridized carbons (Fsp3) is 0.138. The number of hydrogen-bond acceptors (Lipinski definition) is 1. The molecule has 9 aromatic rings. The van der Waals surface area contributed by atoms with E-state index in [9.17, 15) is 0 Å². The molecule has 2 heterocycles. The van der Waals surface area contributed by atoms with Crippen LogP contribution in [0.5, 0.6) is 0 Å². The summed E-state index contributed by atoms with van der Waals surface area (Å²) < 4.78 is 2.62. The van der Waals surface area contributed by atoms with Gasteiger partial charge in [-0.15, -0.1) is 0 Å². The number of benzene rings is 8. The molecule has 0 bridgehead atoms. The minimum atomic E-state index is -0.143. The molecule has 2 nitrogen and oxygen atoms in total. The number of anilines is 3. The van der Waals surface area contributed by atoms with Crippen molar-refractivity contribution in [1.82, 2.24) is 4.57 Å². The lowest BCUT2D eigenvalue weighted by Crippen LogP contribution is -2.27. The highest BCUT2D eigenvalue weighted by Crippen LogP contribution is 2.53. The summed E-state index contributed by atoms with van der Waals surface area (Å²) >= 11 is 0. The molecular formula is C58H46N2. The van der Waals surface area contributed by atoms with Gasteiger partial charge >= 0.3 is 0 Å². The van der Waals surface area contributed by atoms with Crippen LogP contribution in [0.3, 0.4) is 0 Å². The van der Waals surface area contributed by atoms with Crippen molar-refractivity contribution >= 4 is 55.3 Å². The Morgan fingerprint density at radius 2 is 1.10 bits per heavy atom. The molecule has 0 amide bonds. The third-order valence-corrected chi connectivity index (χ3v) is 14.0. The third-order valence-electron chi connectivity index (χ3n) is 14.0. The topological polar surface area (TPSA) is 8.17 Å². The summed E-state index contributed by atoms with van der Waals surface area (Å²) in [6.45, 7) is 9.64. The third kappa shape index (κ3) is 4.94. The van der Waals surface area contributed by atoms with Crippen molar-refractivity contribution < 1.29 is 0 Å². The Hall–Kier alpha value is -6.90. The standard InChI is InChI=1S/C58H46N2/c1-57(2)49-24-14-13-22-44(49)45-29-27-37(35-51(45)57)39-34-48-47-33-38(28-31-54(47)60-55-26-16-15-25-50(55)58(3,4)52(36-39)56(48)60)42-30-32-53(46-23-12-11-21-43(42)46)59(40-17-7-5-8-18-40)41-19-9-6-10-20-41/h5-15,17-25,27-36H,16,26H2,1-4H3. The molecule has 0 saturated carbocycles. The van der Waals surface area contributed by atoms with E-state index in [0.717, 1.165) is 29.9 Å². The number of nitrogens with zero attached hydrogens (tertiary/aromatic N) is 2. The van der Waals surface area contributed by atoms with E-state index in [4.69, 9.17) is 0 Å². The predicted molar refractivity (Wildman–Crippen MR) is 255 cm³/mol. The van der Waals surface area contributed by atoms with Gasteiger partial charge in [0, 0.05) is 44.1 Å². The number of aromatic nitrogens is 1. The number of allylic oxidation sites excluding steroid dienone is 4. The van der Waals surface area contributed by atoms with Crippen molar-refractivity contribution in [3.63, 3.8) is 0 Å².